The Morgan fingerprint density at radius 3 is 2.32 bits per heavy atom. The number of carbonyl (C=O) groups excluding carboxylic acids is 1. The second kappa shape index (κ2) is 7.64. The van der Waals surface area contributed by atoms with Gasteiger partial charge in [-0.05, 0) is 29.3 Å². The van der Waals surface area contributed by atoms with Crippen LogP contribution in [0.4, 0.5) is 10.5 Å². The highest BCUT2D eigenvalue weighted by Gasteiger charge is 2.02. The maximum absolute atomic E-state index is 11.7. The number of carboxylic acids is 1. The van der Waals surface area contributed by atoms with E-state index in [1.165, 1.54) is 0 Å². The minimum Gasteiger partial charge on any atom is -0.481 e. The summed E-state index contributed by atoms with van der Waals surface area (Å²) < 4.78 is 0. The summed E-state index contributed by atoms with van der Waals surface area (Å²) in [6.07, 6.45) is 3.31. The van der Waals surface area contributed by atoms with Crippen LogP contribution >= 0.6 is 0 Å². The predicted molar refractivity (Wildman–Crippen MR) is 85.4 cm³/mol. The zero-order valence-corrected chi connectivity index (χ0v) is 11.8. The first-order valence-electron chi connectivity index (χ1n) is 6.73. The third kappa shape index (κ3) is 5.13. The molecule has 0 aromatic heterocycles. The Kier molecular flexibility index (Phi) is 5.31. The van der Waals surface area contributed by atoms with Crippen LogP contribution in [0.15, 0.2) is 60.8 Å². The van der Waals surface area contributed by atoms with Crippen LogP contribution < -0.4 is 10.6 Å². The molecule has 0 radical (unpaired) electrons. The van der Waals surface area contributed by atoms with Gasteiger partial charge in [-0.1, -0.05) is 42.5 Å². The van der Waals surface area contributed by atoms with Crippen LogP contribution in [0.5, 0.6) is 0 Å². The molecule has 0 spiro atoms. The summed E-state index contributed by atoms with van der Waals surface area (Å²) in [4.78, 5) is 22.3. The Morgan fingerprint density at radius 2 is 1.68 bits per heavy atom. The van der Waals surface area contributed by atoms with E-state index in [0.29, 0.717) is 11.3 Å². The number of amides is 2. The molecular weight excluding hydrogens is 280 g/mol. The van der Waals surface area contributed by atoms with Crippen molar-refractivity contribution in [1.82, 2.24) is 5.32 Å². The fourth-order valence-electron chi connectivity index (χ4n) is 1.83. The number of carbonyl (C=O) groups is 2. The van der Waals surface area contributed by atoms with Gasteiger partial charge in [-0.15, -0.1) is 0 Å². The molecule has 0 aliphatic rings. The van der Waals surface area contributed by atoms with Crippen LogP contribution in [0.1, 0.15) is 11.1 Å². The molecule has 0 heterocycles. The molecule has 0 atom stereocenters. The molecule has 2 aromatic rings. The zero-order chi connectivity index (χ0) is 15.8. The van der Waals surface area contributed by atoms with E-state index in [4.69, 9.17) is 5.11 Å². The molecule has 3 N–H and O–H groups in total. The molecule has 0 unspecified atom stereocenters. The molecule has 0 aliphatic carbocycles. The lowest BCUT2D eigenvalue weighted by molar-refractivity contribution is -0.136. The quantitative estimate of drug-likeness (QED) is 0.793. The van der Waals surface area contributed by atoms with E-state index >= 15 is 0 Å². The molecule has 0 saturated heterocycles. The highest BCUT2D eigenvalue weighted by atomic mass is 16.4. The van der Waals surface area contributed by atoms with Crippen molar-refractivity contribution in [1.29, 1.82) is 0 Å². The summed E-state index contributed by atoms with van der Waals surface area (Å²) in [7, 11) is 0. The number of benzene rings is 2. The predicted octanol–water partition coefficient (Wildman–Crippen LogP) is 3.11. The van der Waals surface area contributed by atoms with Crippen molar-refractivity contribution >= 4 is 23.8 Å². The smallest absolute Gasteiger partial charge is 0.323 e. The molecule has 2 rings (SSSR count). The first-order valence-corrected chi connectivity index (χ1v) is 6.73. The standard InChI is InChI=1S/C17H16N2O3/c20-16(21)12-14-6-8-15(9-7-14)19-17(22)18-11-10-13-4-2-1-3-5-13/h1-11H,12H2,(H,20,21)(H2,18,19,22)/b11-10+. The van der Waals surface area contributed by atoms with Crippen LogP contribution in [0.2, 0.25) is 0 Å². The Balaban J connectivity index is 1.84. The molecule has 22 heavy (non-hydrogen) atoms. The van der Waals surface area contributed by atoms with Crippen molar-refractivity contribution in [2.24, 2.45) is 0 Å². The van der Waals surface area contributed by atoms with Gasteiger partial charge in [0.25, 0.3) is 0 Å². The average Bonchev–Trinajstić information content (AvgIpc) is 2.50. The number of hydrogen-bond acceptors (Lipinski definition) is 2. The van der Waals surface area contributed by atoms with Crippen molar-refractivity contribution in [2.45, 2.75) is 6.42 Å². The molecule has 2 amide bonds. The summed E-state index contributed by atoms with van der Waals surface area (Å²) in [6.45, 7) is 0. The first-order chi connectivity index (χ1) is 10.6. The SMILES string of the molecule is O=C(O)Cc1ccc(NC(=O)N/C=C/c2ccccc2)cc1. The first kappa shape index (κ1) is 15.3. The van der Waals surface area contributed by atoms with E-state index in [9.17, 15) is 9.59 Å². The normalized spacial score (nSPS) is 10.4. The van der Waals surface area contributed by atoms with Gasteiger partial charge in [-0.25, -0.2) is 4.79 Å². The minimum atomic E-state index is -0.885. The third-order valence-corrected chi connectivity index (χ3v) is 2.86. The van der Waals surface area contributed by atoms with Crippen molar-refractivity contribution in [2.75, 3.05) is 5.32 Å². The topological polar surface area (TPSA) is 78.4 Å². The van der Waals surface area contributed by atoms with Crippen LogP contribution in [0.3, 0.4) is 0 Å². The van der Waals surface area contributed by atoms with Gasteiger partial charge in [-0.2, -0.15) is 0 Å². The molecular formula is C17H16N2O3. The maximum atomic E-state index is 11.7. The molecule has 2 aromatic carbocycles. The third-order valence-electron chi connectivity index (χ3n) is 2.86. The van der Waals surface area contributed by atoms with E-state index in [-0.39, 0.29) is 12.5 Å². The molecule has 5 nitrogen and oxygen atoms in total. The maximum Gasteiger partial charge on any atom is 0.323 e. The van der Waals surface area contributed by atoms with Crippen LogP contribution in [-0.4, -0.2) is 17.1 Å². The molecule has 0 aliphatic heterocycles. The van der Waals surface area contributed by atoms with Gasteiger partial charge in [0, 0.05) is 11.9 Å². The number of hydrogen-bond donors (Lipinski definition) is 3. The van der Waals surface area contributed by atoms with Gasteiger partial charge in [0.05, 0.1) is 6.42 Å². The summed E-state index contributed by atoms with van der Waals surface area (Å²) >= 11 is 0. The lowest BCUT2D eigenvalue weighted by Gasteiger charge is -2.05. The number of carboxylic acid groups (broad SMARTS) is 1. The highest BCUT2D eigenvalue weighted by molar-refractivity contribution is 5.90. The van der Waals surface area contributed by atoms with Gasteiger partial charge in [0.15, 0.2) is 0 Å². The Morgan fingerprint density at radius 1 is 1.00 bits per heavy atom. The van der Waals surface area contributed by atoms with Crippen LogP contribution in [0, 0.1) is 0 Å². The van der Waals surface area contributed by atoms with E-state index in [1.807, 2.05) is 30.3 Å². The molecule has 112 valence electrons. The fourth-order valence-corrected chi connectivity index (χ4v) is 1.83. The number of urea groups is 1. The minimum absolute atomic E-state index is 0.0354. The fraction of sp³-hybridized carbons (Fsp3) is 0.0588. The lowest BCUT2D eigenvalue weighted by Crippen LogP contribution is -2.23. The summed E-state index contributed by atoms with van der Waals surface area (Å²) in [5.41, 5.74) is 2.27. The van der Waals surface area contributed by atoms with Gasteiger partial charge < -0.3 is 15.7 Å². The van der Waals surface area contributed by atoms with Gasteiger partial charge in [0.1, 0.15) is 0 Å². The van der Waals surface area contributed by atoms with E-state index in [0.717, 1.165) is 5.56 Å². The van der Waals surface area contributed by atoms with E-state index in [2.05, 4.69) is 10.6 Å². The second-order valence-corrected chi connectivity index (χ2v) is 4.61. The molecule has 5 heteroatoms. The largest absolute Gasteiger partial charge is 0.481 e. The number of anilines is 1. The summed E-state index contributed by atoms with van der Waals surface area (Å²) in [5.74, 6) is -0.885. The van der Waals surface area contributed by atoms with Crippen molar-refractivity contribution in [3.05, 3.63) is 71.9 Å². The van der Waals surface area contributed by atoms with Gasteiger partial charge in [-0.3, -0.25) is 4.79 Å². The average molecular weight is 296 g/mol. The molecule has 0 fully saturated rings. The van der Waals surface area contributed by atoms with E-state index < -0.39 is 5.97 Å². The van der Waals surface area contributed by atoms with Crippen LogP contribution in [-0.2, 0) is 11.2 Å². The van der Waals surface area contributed by atoms with Crippen LogP contribution in [0.25, 0.3) is 6.08 Å². The van der Waals surface area contributed by atoms with Crippen molar-refractivity contribution in [3.8, 4) is 0 Å². The Bertz CT molecular complexity index is 664. The van der Waals surface area contributed by atoms with Gasteiger partial charge >= 0.3 is 12.0 Å². The molecule has 0 bridgehead atoms. The van der Waals surface area contributed by atoms with E-state index in [1.54, 1.807) is 36.5 Å². The number of nitrogens with one attached hydrogen (secondary N) is 2. The lowest BCUT2D eigenvalue weighted by atomic mass is 10.1. The number of rotatable bonds is 5. The molecule has 0 saturated carbocycles. The highest BCUT2D eigenvalue weighted by Crippen LogP contribution is 2.10. The van der Waals surface area contributed by atoms with Crippen molar-refractivity contribution in [3.63, 3.8) is 0 Å². The monoisotopic (exact) mass is 296 g/mol. The number of aliphatic carboxylic acids is 1. The summed E-state index contributed by atoms with van der Waals surface area (Å²) in [6, 6.07) is 15.9. The van der Waals surface area contributed by atoms with Gasteiger partial charge in [0.2, 0.25) is 0 Å². The zero-order valence-electron chi connectivity index (χ0n) is 11.8. The second-order valence-electron chi connectivity index (χ2n) is 4.61. The Labute approximate surface area is 128 Å². The Hall–Kier alpha value is -3.08. The summed E-state index contributed by atoms with van der Waals surface area (Å²) in [5, 5.41) is 13.9. The van der Waals surface area contributed by atoms with Crippen molar-refractivity contribution < 1.29 is 14.7 Å².